The van der Waals surface area contributed by atoms with Crippen molar-refractivity contribution in [3.8, 4) is 0 Å². The molecule has 1 aliphatic rings. The zero-order valence-corrected chi connectivity index (χ0v) is 13.3. The highest BCUT2D eigenvalue weighted by Crippen LogP contribution is 2.33. The number of aryl methyl sites for hydroxylation is 1. The van der Waals surface area contributed by atoms with Crippen molar-refractivity contribution < 1.29 is 0 Å². The number of hydrogen-bond acceptors (Lipinski definition) is 2. The fourth-order valence-electron chi connectivity index (χ4n) is 2.31. The number of benzene rings is 1. The minimum absolute atomic E-state index is 0.598. The van der Waals surface area contributed by atoms with E-state index in [2.05, 4.69) is 22.9 Å². The first kappa shape index (κ1) is 13.7. The molecule has 1 aromatic carbocycles. The molecule has 106 valence electrons. The summed E-state index contributed by atoms with van der Waals surface area (Å²) in [6.07, 6.45) is 2.46. The molecule has 0 saturated heterocycles. The first-order valence-electron chi connectivity index (χ1n) is 6.76. The Bertz CT molecular complexity index is 673. The largest absolute Gasteiger partial charge is 0.370 e. The van der Waals surface area contributed by atoms with Crippen molar-refractivity contribution in [1.29, 1.82) is 0 Å². The van der Waals surface area contributed by atoms with Gasteiger partial charge in [0.25, 0.3) is 0 Å². The summed E-state index contributed by atoms with van der Waals surface area (Å²) in [6, 6.07) is 6.63. The minimum atomic E-state index is 0.598. The highest BCUT2D eigenvalue weighted by atomic mass is 35.5. The number of nitrogens with zero attached hydrogens (tertiary/aromatic N) is 2. The van der Waals surface area contributed by atoms with Crippen LogP contribution in [0, 0.1) is 6.92 Å². The molecule has 2 aromatic rings. The molecule has 0 aliphatic heterocycles. The van der Waals surface area contributed by atoms with Crippen molar-refractivity contribution in [1.82, 2.24) is 4.90 Å². The van der Waals surface area contributed by atoms with Crippen molar-refractivity contribution in [2.24, 2.45) is 10.7 Å². The molecule has 0 spiro atoms. The zero-order chi connectivity index (χ0) is 14.3. The standard InChI is InChI=1S/C15H18ClN3S/c1-9-12-7-10(16)3-6-13(12)20-14(9)8-18-15(17)19(2)11-4-5-11/h3,6-7,11H,4-5,8H2,1-2H3,(H2,17,18). The summed E-state index contributed by atoms with van der Waals surface area (Å²) in [5, 5.41) is 2.00. The van der Waals surface area contributed by atoms with Crippen molar-refractivity contribution in [3.63, 3.8) is 0 Å². The van der Waals surface area contributed by atoms with Crippen molar-refractivity contribution in [2.75, 3.05) is 7.05 Å². The summed E-state index contributed by atoms with van der Waals surface area (Å²) < 4.78 is 1.26. The highest BCUT2D eigenvalue weighted by Gasteiger charge is 2.27. The number of aliphatic imine (C=N–C) groups is 1. The highest BCUT2D eigenvalue weighted by molar-refractivity contribution is 7.19. The van der Waals surface area contributed by atoms with E-state index < -0.39 is 0 Å². The second-order valence-corrected chi connectivity index (χ2v) is 6.88. The van der Waals surface area contributed by atoms with E-state index in [-0.39, 0.29) is 0 Å². The van der Waals surface area contributed by atoms with Gasteiger partial charge in [-0.25, -0.2) is 4.99 Å². The summed E-state index contributed by atoms with van der Waals surface area (Å²) in [5.74, 6) is 0.641. The molecule has 0 unspecified atom stereocenters. The van der Waals surface area contributed by atoms with Crippen LogP contribution in [0.4, 0.5) is 0 Å². The van der Waals surface area contributed by atoms with Gasteiger partial charge in [-0.05, 0) is 48.9 Å². The van der Waals surface area contributed by atoms with Crippen LogP contribution in [0.2, 0.25) is 5.02 Å². The molecular weight excluding hydrogens is 290 g/mol. The smallest absolute Gasteiger partial charge is 0.191 e. The molecular formula is C15H18ClN3S. The lowest BCUT2D eigenvalue weighted by atomic mass is 10.1. The van der Waals surface area contributed by atoms with E-state index in [9.17, 15) is 0 Å². The van der Waals surface area contributed by atoms with E-state index in [4.69, 9.17) is 17.3 Å². The van der Waals surface area contributed by atoms with Gasteiger partial charge in [-0.1, -0.05) is 11.6 Å². The summed E-state index contributed by atoms with van der Waals surface area (Å²) in [5.41, 5.74) is 7.30. The van der Waals surface area contributed by atoms with Crippen LogP contribution >= 0.6 is 22.9 Å². The Balaban J connectivity index is 1.83. The molecule has 3 nitrogen and oxygen atoms in total. The maximum absolute atomic E-state index is 6.06. The lowest BCUT2D eigenvalue weighted by molar-refractivity contribution is 0.487. The Labute approximate surface area is 128 Å². The average Bonchev–Trinajstić information content (AvgIpc) is 3.23. The van der Waals surface area contributed by atoms with Crippen molar-refractivity contribution in [2.45, 2.75) is 32.4 Å². The van der Waals surface area contributed by atoms with E-state index in [1.807, 2.05) is 19.2 Å². The summed E-state index contributed by atoms with van der Waals surface area (Å²) in [7, 11) is 2.02. The Morgan fingerprint density at radius 1 is 1.50 bits per heavy atom. The maximum atomic E-state index is 6.06. The van der Waals surface area contributed by atoms with Gasteiger partial charge in [-0.3, -0.25) is 0 Å². The quantitative estimate of drug-likeness (QED) is 0.692. The minimum Gasteiger partial charge on any atom is -0.370 e. The van der Waals surface area contributed by atoms with Crippen molar-refractivity contribution >= 4 is 39.0 Å². The predicted molar refractivity (Wildman–Crippen MR) is 87.7 cm³/mol. The van der Waals surface area contributed by atoms with Crippen LogP contribution in [0.15, 0.2) is 23.2 Å². The van der Waals surface area contributed by atoms with Gasteiger partial charge in [-0.2, -0.15) is 0 Å². The van der Waals surface area contributed by atoms with Crippen LogP contribution in [0.25, 0.3) is 10.1 Å². The van der Waals surface area contributed by atoms with E-state index in [1.165, 1.54) is 33.4 Å². The molecule has 0 radical (unpaired) electrons. The van der Waals surface area contributed by atoms with E-state index >= 15 is 0 Å². The molecule has 1 saturated carbocycles. The summed E-state index contributed by atoms with van der Waals surface area (Å²) in [6.45, 7) is 2.77. The third kappa shape index (κ3) is 2.63. The number of thiophene rings is 1. The fraction of sp³-hybridized carbons (Fsp3) is 0.400. The van der Waals surface area contributed by atoms with Crippen LogP contribution in [0.1, 0.15) is 23.3 Å². The number of guanidine groups is 1. The van der Waals surface area contributed by atoms with Crippen molar-refractivity contribution in [3.05, 3.63) is 33.7 Å². The molecule has 0 bridgehead atoms. The van der Waals surface area contributed by atoms with E-state index in [0.29, 0.717) is 18.5 Å². The lowest BCUT2D eigenvalue weighted by Crippen LogP contribution is -2.35. The first-order valence-corrected chi connectivity index (χ1v) is 7.96. The van der Waals surface area contributed by atoms with Gasteiger partial charge in [0.15, 0.2) is 5.96 Å². The number of nitrogens with two attached hydrogens (primary N) is 1. The first-order chi connectivity index (χ1) is 9.56. The second kappa shape index (κ2) is 5.26. The Morgan fingerprint density at radius 3 is 2.95 bits per heavy atom. The lowest BCUT2D eigenvalue weighted by Gasteiger charge is -2.16. The molecule has 0 atom stereocenters. The molecule has 3 rings (SSSR count). The Morgan fingerprint density at radius 2 is 2.25 bits per heavy atom. The average molecular weight is 308 g/mol. The zero-order valence-electron chi connectivity index (χ0n) is 11.7. The molecule has 0 amide bonds. The monoisotopic (exact) mass is 307 g/mol. The van der Waals surface area contributed by atoms with Gasteiger partial charge < -0.3 is 10.6 Å². The molecule has 1 fully saturated rings. The number of hydrogen-bond donors (Lipinski definition) is 1. The maximum Gasteiger partial charge on any atom is 0.191 e. The summed E-state index contributed by atoms with van der Waals surface area (Å²) >= 11 is 7.83. The van der Waals surface area contributed by atoms with Gasteiger partial charge in [-0.15, -0.1) is 11.3 Å². The Kier molecular flexibility index (Phi) is 3.61. The topological polar surface area (TPSA) is 41.6 Å². The van der Waals surface area contributed by atoms with Gasteiger partial charge in [0.1, 0.15) is 0 Å². The van der Waals surface area contributed by atoms with Gasteiger partial charge in [0, 0.05) is 27.7 Å². The molecule has 1 heterocycles. The van der Waals surface area contributed by atoms with E-state index in [1.54, 1.807) is 11.3 Å². The third-order valence-corrected chi connectivity index (χ3v) is 5.33. The molecule has 1 aliphatic carbocycles. The van der Waals surface area contributed by atoms with Gasteiger partial charge >= 0.3 is 0 Å². The Hall–Kier alpha value is -1.26. The number of halogens is 1. The number of fused-ring (bicyclic) bond motifs is 1. The SMILES string of the molecule is Cc1c(CN=C(N)N(C)C2CC2)sc2ccc(Cl)cc12. The summed E-state index contributed by atoms with van der Waals surface area (Å²) in [4.78, 5) is 7.87. The van der Waals surface area contributed by atoms with Crippen LogP contribution < -0.4 is 5.73 Å². The van der Waals surface area contributed by atoms with Gasteiger partial charge in [0.2, 0.25) is 0 Å². The predicted octanol–water partition coefficient (Wildman–Crippen LogP) is 3.77. The normalized spacial score (nSPS) is 15.8. The fourth-order valence-corrected chi connectivity index (χ4v) is 3.60. The van der Waals surface area contributed by atoms with Crippen LogP contribution in [-0.2, 0) is 6.54 Å². The molecule has 2 N–H and O–H groups in total. The third-order valence-electron chi connectivity index (χ3n) is 3.84. The van der Waals surface area contributed by atoms with Crippen LogP contribution in [0.3, 0.4) is 0 Å². The molecule has 20 heavy (non-hydrogen) atoms. The molecule has 5 heteroatoms. The van der Waals surface area contributed by atoms with Crippen LogP contribution in [-0.4, -0.2) is 23.9 Å². The molecule has 1 aromatic heterocycles. The van der Waals surface area contributed by atoms with Gasteiger partial charge in [0.05, 0.1) is 6.54 Å². The van der Waals surface area contributed by atoms with E-state index in [0.717, 1.165) is 5.02 Å². The number of rotatable bonds is 3. The second-order valence-electron chi connectivity index (χ2n) is 5.31. The van der Waals surface area contributed by atoms with Crippen LogP contribution in [0.5, 0.6) is 0 Å².